The number of hydrogen-bond acceptors (Lipinski definition) is 7. The normalized spacial score (nSPS) is 17.4. The zero-order valence-electron chi connectivity index (χ0n) is 18.4. The Hall–Kier alpha value is -3.09. The molecule has 0 radical (unpaired) electrons. The number of nitro benzene ring substituents is 1. The Bertz CT molecular complexity index is 1190. The van der Waals surface area contributed by atoms with Crippen LogP contribution in [0.1, 0.15) is 29.6 Å². The molecule has 1 N–H and O–H groups in total. The van der Waals surface area contributed by atoms with Crippen LogP contribution in [0.3, 0.4) is 0 Å². The molecule has 0 saturated carbocycles. The van der Waals surface area contributed by atoms with E-state index in [-0.39, 0.29) is 29.2 Å². The predicted octanol–water partition coefficient (Wildman–Crippen LogP) is 3.00. The first kappa shape index (κ1) is 24.0. The average molecular weight is 493 g/mol. The van der Waals surface area contributed by atoms with Gasteiger partial charge >= 0.3 is 5.69 Å². The Balaban J connectivity index is 1.70. The molecule has 4 rings (SSSR count). The van der Waals surface area contributed by atoms with Gasteiger partial charge in [0.15, 0.2) is 0 Å². The zero-order valence-corrected chi connectivity index (χ0v) is 19.2. The van der Waals surface area contributed by atoms with Crippen molar-refractivity contribution in [3.05, 3.63) is 57.9 Å². The molecule has 1 amide bonds. The van der Waals surface area contributed by atoms with Crippen LogP contribution in [0.2, 0.25) is 0 Å². The van der Waals surface area contributed by atoms with Crippen LogP contribution in [-0.2, 0) is 14.8 Å². The Kier molecular flexibility index (Phi) is 7.10. The summed E-state index contributed by atoms with van der Waals surface area (Å²) >= 11 is 0. The highest BCUT2D eigenvalue weighted by molar-refractivity contribution is 7.89. The summed E-state index contributed by atoms with van der Waals surface area (Å²) in [4.78, 5) is 25.5. The highest BCUT2D eigenvalue weighted by Crippen LogP contribution is 2.30. The number of carbonyl (C=O) groups excluding carboxylic acids is 1. The molecule has 10 nitrogen and oxygen atoms in total. The van der Waals surface area contributed by atoms with Gasteiger partial charge in [0, 0.05) is 43.6 Å². The number of nitro groups is 1. The molecular weight excluding hydrogens is 467 g/mol. The van der Waals surface area contributed by atoms with Crippen LogP contribution in [0.4, 0.5) is 21.5 Å². The number of morpholine rings is 1. The number of nitrogens with one attached hydrogen (secondary N) is 1. The standard InChI is InChI=1S/C22H25FN4O6S/c23-19-6-4-16(14-21(19)27(29)30)24-22(28)18-15-17(34(31,32)26-10-12-33-13-11-26)5-7-20(18)25-8-2-1-3-9-25/h4-7,14-15H,1-3,8-13H2,(H,24,28). The lowest BCUT2D eigenvalue weighted by molar-refractivity contribution is -0.387. The van der Waals surface area contributed by atoms with E-state index in [1.165, 1.54) is 22.5 Å². The summed E-state index contributed by atoms with van der Waals surface area (Å²) < 4.78 is 46.6. The monoisotopic (exact) mass is 492 g/mol. The number of hydrogen-bond donors (Lipinski definition) is 1. The highest BCUT2D eigenvalue weighted by Gasteiger charge is 2.29. The summed E-state index contributed by atoms with van der Waals surface area (Å²) in [5.74, 6) is -1.66. The van der Waals surface area contributed by atoms with Crippen LogP contribution < -0.4 is 10.2 Å². The lowest BCUT2D eigenvalue weighted by Gasteiger charge is -2.31. The fraction of sp³-hybridized carbons (Fsp3) is 0.409. The minimum Gasteiger partial charge on any atom is -0.379 e. The van der Waals surface area contributed by atoms with E-state index in [2.05, 4.69) is 5.32 Å². The molecule has 2 aliphatic heterocycles. The molecule has 0 bridgehead atoms. The van der Waals surface area contributed by atoms with Crippen molar-refractivity contribution >= 4 is 33.0 Å². The molecule has 2 aromatic rings. The third-order valence-electron chi connectivity index (χ3n) is 5.92. The number of nitrogens with zero attached hydrogens (tertiary/aromatic N) is 3. The van der Waals surface area contributed by atoms with Crippen LogP contribution in [-0.4, -0.2) is 62.9 Å². The van der Waals surface area contributed by atoms with Crippen molar-refractivity contribution in [1.82, 2.24) is 4.31 Å². The van der Waals surface area contributed by atoms with E-state index in [1.807, 2.05) is 4.90 Å². The number of anilines is 2. The van der Waals surface area contributed by atoms with Crippen molar-refractivity contribution in [2.75, 3.05) is 49.6 Å². The van der Waals surface area contributed by atoms with E-state index < -0.39 is 32.4 Å². The number of sulfonamides is 1. The molecular formula is C22H25FN4O6S. The SMILES string of the molecule is O=C(Nc1ccc(F)c([N+](=O)[O-])c1)c1cc(S(=O)(=O)N2CCOCC2)ccc1N1CCCCC1. The van der Waals surface area contributed by atoms with Crippen LogP contribution >= 0.6 is 0 Å². The van der Waals surface area contributed by atoms with Crippen molar-refractivity contribution in [3.8, 4) is 0 Å². The quantitative estimate of drug-likeness (QED) is 0.486. The molecule has 0 aliphatic carbocycles. The largest absolute Gasteiger partial charge is 0.379 e. The van der Waals surface area contributed by atoms with E-state index in [0.717, 1.165) is 44.5 Å². The molecule has 2 fully saturated rings. The molecule has 0 aromatic heterocycles. The van der Waals surface area contributed by atoms with Gasteiger partial charge in [-0.1, -0.05) is 0 Å². The second-order valence-electron chi connectivity index (χ2n) is 8.12. The average Bonchev–Trinajstić information content (AvgIpc) is 2.85. The minimum absolute atomic E-state index is 0.0228. The van der Waals surface area contributed by atoms with Gasteiger partial charge in [-0.25, -0.2) is 8.42 Å². The number of benzene rings is 2. The second-order valence-corrected chi connectivity index (χ2v) is 10.1. The number of piperidine rings is 1. The van der Waals surface area contributed by atoms with Crippen molar-refractivity contribution in [2.45, 2.75) is 24.2 Å². The molecule has 12 heteroatoms. The lowest BCUT2D eigenvalue weighted by Crippen LogP contribution is -2.40. The van der Waals surface area contributed by atoms with E-state index >= 15 is 0 Å². The van der Waals surface area contributed by atoms with Gasteiger partial charge in [-0.05, 0) is 49.6 Å². The van der Waals surface area contributed by atoms with E-state index in [9.17, 15) is 27.7 Å². The van der Waals surface area contributed by atoms with Gasteiger partial charge in [0.2, 0.25) is 15.8 Å². The van der Waals surface area contributed by atoms with Gasteiger partial charge in [0.05, 0.1) is 28.6 Å². The molecule has 0 atom stereocenters. The first-order chi connectivity index (χ1) is 16.3. The highest BCUT2D eigenvalue weighted by atomic mass is 32.2. The Morgan fingerprint density at radius 2 is 1.74 bits per heavy atom. The predicted molar refractivity (Wildman–Crippen MR) is 123 cm³/mol. The molecule has 2 aromatic carbocycles. The molecule has 2 heterocycles. The Labute approximate surface area is 196 Å². The topological polar surface area (TPSA) is 122 Å². The Morgan fingerprint density at radius 3 is 2.41 bits per heavy atom. The summed E-state index contributed by atoms with van der Waals surface area (Å²) in [5.41, 5.74) is -0.0280. The van der Waals surface area contributed by atoms with E-state index in [0.29, 0.717) is 18.9 Å². The van der Waals surface area contributed by atoms with Crippen LogP contribution in [0, 0.1) is 15.9 Å². The van der Waals surface area contributed by atoms with E-state index in [1.54, 1.807) is 6.07 Å². The number of amides is 1. The van der Waals surface area contributed by atoms with E-state index in [4.69, 9.17) is 4.74 Å². The summed E-state index contributed by atoms with van der Waals surface area (Å²) in [6.45, 7) is 2.47. The first-order valence-electron chi connectivity index (χ1n) is 11.0. The smallest absolute Gasteiger partial charge is 0.306 e. The Morgan fingerprint density at radius 1 is 1.03 bits per heavy atom. The molecule has 2 saturated heterocycles. The third kappa shape index (κ3) is 5.03. The fourth-order valence-electron chi connectivity index (χ4n) is 4.13. The van der Waals surface area contributed by atoms with Crippen molar-refractivity contribution in [1.29, 1.82) is 0 Å². The summed E-state index contributed by atoms with van der Waals surface area (Å²) in [5, 5.41) is 13.6. The number of ether oxygens (including phenoxy) is 1. The van der Waals surface area contributed by atoms with Crippen molar-refractivity contribution in [3.63, 3.8) is 0 Å². The minimum atomic E-state index is -3.85. The van der Waals surface area contributed by atoms with Gasteiger partial charge in [0.1, 0.15) is 0 Å². The van der Waals surface area contributed by atoms with Crippen molar-refractivity contribution < 1.29 is 27.3 Å². The fourth-order valence-corrected chi connectivity index (χ4v) is 5.57. The first-order valence-corrected chi connectivity index (χ1v) is 12.4. The number of rotatable bonds is 6. The molecule has 34 heavy (non-hydrogen) atoms. The maximum absolute atomic E-state index is 13.7. The van der Waals surface area contributed by atoms with Crippen LogP contribution in [0.5, 0.6) is 0 Å². The van der Waals surface area contributed by atoms with Gasteiger partial charge in [-0.3, -0.25) is 14.9 Å². The molecule has 2 aliphatic rings. The molecule has 0 unspecified atom stereocenters. The van der Waals surface area contributed by atoms with Crippen LogP contribution in [0.25, 0.3) is 0 Å². The van der Waals surface area contributed by atoms with Crippen molar-refractivity contribution in [2.24, 2.45) is 0 Å². The number of halogens is 1. The van der Waals surface area contributed by atoms with Gasteiger partial charge < -0.3 is 15.0 Å². The lowest BCUT2D eigenvalue weighted by atomic mass is 10.1. The summed E-state index contributed by atoms with van der Waals surface area (Å²) in [7, 11) is -3.85. The van der Waals surface area contributed by atoms with Gasteiger partial charge in [0.25, 0.3) is 5.91 Å². The molecule has 0 spiro atoms. The summed E-state index contributed by atoms with van der Waals surface area (Å²) in [6.07, 6.45) is 2.96. The second kappa shape index (κ2) is 10.0. The zero-order chi connectivity index (χ0) is 24.3. The van der Waals surface area contributed by atoms with Gasteiger partial charge in [-0.2, -0.15) is 8.70 Å². The summed E-state index contributed by atoms with van der Waals surface area (Å²) in [6, 6.07) is 7.51. The maximum Gasteiger partial charge on any atom is 0.306 e. The van der Waals surface area contributed by atoms with Gasteiger partial charge in [-0.15, -0.1) is 0 Å². The van der Waals surface area contributed by atoms with Crippen LogP contribution in [0.15, 0.2) is 41.3 Å². The maximum atomic E-state index is 13.7. The third-order valence-corrected chi connectivity index (χ3v) is 7.81. The number of carbonyl (C=O) groups is 1. The molecule has 182 valence electrons.